The summed E-state index contributed by atoms with van der Waals surface area (Å²) < 4.78 is 85.0. The van der Waals surface area contributed by atoms with Crippen LogP contribution in [-0.4, -0.2) is 200 Å². The molecule has 23 heteroatoms. The van der Waals surface area contributed by atoms with Gasteiger partial charge in [-0.1, -0.05) is 0 Å². The number of carbonyl (C=O) groups is 1. The Bertz CT molecular complexity index is 2780. The average molecular weight is 1090 g/mol. The number of amides is 2. The van der Waals surface area contributed by atoms with Crippen molar-refractivity contribution in [2.45, 2.75) is 118 Å². The molecule has 8 bridgehead atoms. The van der Waals surface area contributed by atoms with E-state index in [4.69, 9.17) is 48.9 Å². The van der Waals surface area contributed by atoms with Gasteiger partial charge in [0.1, 0.15) is 24.7 Å². The second-order valence-corrected chi connectivity index (χ2v) is 22.8. The van der Waals surface area contributed by atoms with Gasteiger partial charge in [0.15, 0.2) is 11.6 Å². The molecule has 79 heavy (non-hydrogen) atoms. The summed E-state index contributed by atoms with van der Waals surface area (Å²) in [4.78, 5) is 58.4. The highest BCUT2D eigenvalue weighted by Gasteiger charge is 2.51. The number of anilines is 8. The van der Waals surface area contributed by atoms with Gasteiger partial charge in [0.25, 0.3) is 0 Å². The SMILES string of the molecule is CN(C)C1CCN(c2ccc(NC(=O)N(c3ccc(-c4nc(N5C6COCC5C(F)C6)nc(N5C6COCC5C(F)C6)n4)cc3)c3ccc(-c4nc(N5C6COCC5C(F)C6)nc(N5C6COCC5C(F)C6)n4)cc3)cc2)CC1. The van der Waals surface area contributed by atoms with Crippen molar-refractivity contribution in [2.75, 3.05) is 115 Å². The second-order valence-electron chi connectivity index (χ2n) is 22.8. The summed E-state index contributed by atoms with van der Waals surface area (Å²) in [6.07, 6.45) is -1.23. The Balaban J connectivity index is 0.807. The van der Waals surface area contributed by atoms with E-state index in [-0.39, 0.29) is 76.3 Å². The third-order valence-corrected chi connectivity index (χ3v) is 17.9. The van der Waals surface area contributed by atoms with Crippen molar-refractivity contribution in [3.63, 3.8) is 0 Å². The first-order valence-corrected chi connectivity index (χ1v) is 27.9. The van der Waals surface area contributed by atoms with Crippen molar-refractivity contribution in [1.82, 2.24) is 34.8 Å². The number of fused-ring (bicyclic) bond motifs is 8. The number of piperidine rings is 1. The number of halogens is 4. The highest BCUT2D eigenvalue weighted by molar-refractivity contribution is 6.07. The maximum atomic E-state index is 15.5. The fourth-order valence-corrected chi connectivity index (χ4v) is 13.7. The maximum Gasteiger partial charge on any atom is 0.330 e. The van der Waals surface area contributed by atoms with Crippen molar-refractivity contribution in [2.24, 2.45) is 0 Å². The van der Waals surface area contributed by atoms with Crippen molar-refractivity contribution in [3.8, 4) is 22.8 Å². The number of hydrogen-bond donors (Lipinski definition) is 1. The Morgan fingerprint density at radius 1 is 0.494 bits per heavy atom. The van der Waals surface area contributed by atoms with E-state index in [1.54, 1.807) is 4.90 Å². The van der Waals surface area contributed by atoms with E-state index in [1.165, 1.54) is 0 Å². The first-order valence-electron chi connectivity index (χ1n) is 27.9. The number of hydrogen-bond acceptors (Lipinski definition) is 17. The van der Waals surface area contributed by atoms with E-state index in [0.29, 0.717) is 96.1 Å². The van der Waals surface area contributed by atoms with Crippen LogP contribution < -0.4 is 34.7 Å². The lowest BCUT2D eigenvalue weighted by Crippen LogP contribution is -2.50. The average Bonchev–Trinajstić information content (AvgIpc) is 4.14. The quantitative estimate of drug-likeness (QED) is 0.141. The van der Waals surface area contributed by atoms with Crippen molar-refractivity contribution < 1.29 is 41.3 Å². The Kier molecular flexibility index (Phi) is 13.2. The zero-order chi connectivity index (χ0) is 53.6. The van der Waals surface area contributed by atoms with Gasteiger partial charge in [-0.25, -0.2) is 22.4 Å². The van der Waals surface area contributed by atoms with Crippen molar-refractivity contribution in [3.05, 3.63) is 72.8 Å². The summed E-state index contributed by atoms with van der Waals surface area (Å²) in [7, 11) is 4.25. The third-order valence-electron chi connectivity index (χ3n) is 17.9. The summed E-state index contributed by atoms with van der Waals surface area (Å²) in [5.41, 5.74) is 3.92. The van der Waals surface area contributed by atoms with Crippen LogP contribution in [0.5, 0.6) is 0 Å². The number of alkyl halides is 4. The van der Waals surface area contributed by atoms with Crippen LogP contribution in [0.15, 0.2) is 72.8 Å². The molecule has 11 heterocycles. The summed E-state index contributed by atoms with van der Waals surface area (Å²) >= 11 is 0. The molecule has 19 nitrogen and oxygen atoms in total. The van der Waals surface area contributed by atoms with Gasteiger partial charge in [0.05, 0.1) is 113 Å². The maximum absolute atomic E-state index is 15.5. The van der Waals surface area contributed by atoms with Crippen molar-refractivity contribution >= 4 is 52.6 Å². The monoisotopic (exact) mass is 1090 g/mol. The molecule has 2 aromatic heterocycles. The van der Waals surface area contributed by atoms with Crippen LogP contribution >= 0.6 is 0 Å². The first kappa shape index (κ1) is 50.7. The largest absolute Gasteiger partial charge is 0.377 e. The zero-order valence-corrected chi connectivity index (χ0v) is 44.1. The molecule has 14 rings (SSSR count). The van der Waals surface area contributed by atoms with Gasteiger partial charge in [0, 0.05) is 67.3 Å². The van der Waals surface area contributed by atoms with Gasteiger partial charge in [-0.2, -0.15) is 29.9 Å². The van der Waals surface area contributed by atoms with Crippen LogP contribution in [0.4, 0.5) is 68.9 Å². The normalized spacial score (nSPS) is 31.2. The van der Waals surface area contributed by atoms with Crippen LogP contribution in [-0.2, 0) is 18.9 Å². The summed E-state index contributed by atoms with van der Waals surface area (Å²) in [5, 5.41) is 3.14. The molecule has 0 aliphatic carbocycles. The third kappa shape index (κ3) is 9.21. The van der Waals surface area contributed by atoms with E-state index >= 15 is 17.6 Å². The van der Waals surface area contributed by atoms with Gasteiger partial charge in [0.2, 0.25) is 23.8 Å². The lowest BCUT2D eigenvalue weighted by Gasteiger charge is -2.37. The molecular weight excluding hydrogens is 1020 g/mol. The minimum absolute atomic E-state index is 0.195. The Morgan fingerprint density at radius 2 is 0.848 bits per heavy atom. The lowest BCUT2D eigenvalue weighted by atomic mass is 10.0. The molecule has 0 radical (unpaired) electrons. The van der Waals surface area contributed by atoms with E-state index in [0.717, 1.165) is 31.6 Å². The highest BCUT2D eigenvalue weighted by atomic mass is 19.1. The summed E-state index contributed by atoms with van der Waals surface area (Å²) in [6, 6.07) is 19.2. The summed E-state index contributed by atoms with van der Waals surface area (Å²) in [6.45, 7) is 3.99. The predicted molar refractivity (Wildman–Crippen MR) is 289 cm³/mol. The van der Waals surface area contributed by atoms with Crippen molar-refractivity contribution in [1.29, 1.82) is 0 Å². The lowest BCUT2D eigenvalue weighted by molar-refractivity contribution is 0.0808. The van der Waals surface area contributed by atoms with Gasteiger partial charge in [-0.05, 0) is 99.7 Å². The number of ether oxygens (including phenoxy) is 4. The standard InChI is InChI=1S/C56H64F4N14O5/c1-68(2)34-15-17-69(18-16-34)35-13-7-33(8-14-35)61-56(75)70(36-9-3-31(4-10-36)50-62-52(71-38-19-42(57)46(71)27-76-23-38)66-53(63-50)72-39-20-43(58)47(72)28-77-24-39)37-11-5-32(6-12-37)51-64-54(73-40-21-44(59)48(73)29-78-25-40)67-55(65-51)74-41-22-45(60)49(74)30-79-26-41/h3-14,34,38-49H,15-30H2,1-2H3,(H,61,75). The van der Waals surface area contributed by atoms with Crippen LogP contribution in [0.2, 0.25) is 0 Å². The zero-order valence-electron chi connectivity index (χ0n) is 44.1. The molecule has 3 aromatic carbocycles. The van der Waals surface area contributed by atoms with Gasteiger partial charge in [-0.3, -0.25) is 4.90 Å². The van der Waals surface area contributed by atoms with Gasteiger partial charge >= 0.3 is 6.03 Å². The molecule has 2 amide bonds. The number of urea groups is 1. The Labute approximate surface area is 455 Å². The molecule has 0 spiro atoms. The predicted octanol–water partition coefficient (Wildman–Crippen LogP) is 6.55. The molecule has 1 N–H and O–H groups in total. The van der Waals surface area contributed by atoms with Crippen LogP contribution in [0.3, 0.4) is 0 Å². The number of nitrogens with zero attached hydrogens (tertiary/aromatic N) is 13. The number of rotatable bonds is 11. The van der Waals surface area contributed by atoms with E-state index < -0.39 is 54.9 Å². The summed E-state index contributed by atoms with van der Waals surface area (Å²) in [5.74, 6) is 1.85. The first-order chi connectivity index (χ1) is 38.5. The highest BCUT2D eigenvalue weighted by Crippen LogP contribution is 2.42. The molecule has 12 unspecified atom stereocenters. The molecular formula is C56H64F4N14O5. The van der Waals surface area contributed by atoms with Gasteiger partial charge < -0.3 is 53.7 Å². The molecule has 9 aliphatic rings. The fraction of sp³-hybridized carbons (Fsp3) is 0.554. The molecule has 9 saturated heterocycles. The molecule has 9 aliphatic heterocycles. The minimum atomic E-state index is -1.13. The topological polar surface area (TPSA) is 166 Å². The molecule has 416 valence electrons. The number of nitrogens with one attached hydrogen (secondary N) is 1. The Morgan fingerprint density at radius 3 is 1.18 bits per heavy atom. The fourth-order valence-electron chi connectivity index (χ4n) is 13.7. The van der Waals surface area contributed by atoms with E-state index in [2.05, 4.69) is 29.2 Å². The molecule has 0 saturated carbocycles. The number of aromatic nitrogens is 6. The van der Waals surface area contributed by atoms with E-state index in [1.807, 2.05) is 92.4 Å². The van der Waals surface area contributed by atoms with Crippen LogP contribution in [0, 0.1) is 0 Å². The van der Waals surface area contributed by atoms with Gasteiger partial charge in [-0.15, -0.1) is 0 Å². The smallest absolute Gasteiger partial charge is 0.330 e. The number of carbonyl (C=O) groups excluding carboxylic acids is 1. The second kappa shape index (κ2) is 20.5. The molecule has 9 fully saturated rings. The molecule has 12 atom stereocenters. The number of morpholine rings is 4. The number of benzene rings is 3. The van der Waals surface area contributed by atoms with Crippen LogP contribution in [0.25, 0.3) is 22.8 Å². The minimum Gasteiger partial charge on any atom is -0.377 e. The van der Waals surface area contributed by atoms with E-state index in [9.17, 15) is 4.79 Å². The Hall–Kier alpha value is -6.53. The van der Waals surface area contributed by atoms with Crippen LogP contribution in [0.1, 0.15) is 38.5 Å². The molecule has 5 aromatic rings.